The van der Waals surface area contributed by atoms with Crippen LogP contribution in [-0.2, 0) is 0 Å². The van der Waals surface area contributed by atoms with E-state index < -0.39 is 0 Å². The number of benzene rings is 1. The molecule has 0 unspecified atom stereocenters. The van der Waals surface area contributed by atoms with E-state index in [0.717, 1.165) is 29.5 Å². The highest BCUT2D eigenvalue weighted by Gasteiger charge is 2.17. The minimum Gasteiger partial charge on any atom is -0.382 e. The first-order valence-electron chi connectivity index (χ1n) is 7.96. The molecule has 3 N–H and O–H groups in total. The van der Waals surface area contributed by atoms with Gasteiger partial charge in [0.2, 0.25) is 0 Å². The van der Waals surface area contributed by atoms with Crippen molar-refractivity contribution in [1.29, 1.82) is 0 Å². The van der Waals surface area contributed by atoms with Crippen LogP contribution >= 0.6 is 0 Å². The Morgan fingerprint density at radius 2 is 1.78 bits per heavy atom. The predicted molar refractivity (Wildman–Crippen MR) is 93.2 cm³/mol. The Bertz CT molecular complexity index is 688. The van der Waals surface area contributed by atoms with Crippen molar-refractivity contribution >= 4 is 11.7 Å². The summed E-state index contributed by atoms with van der Waals surface area (Å²) in [6, 6.07) is 6.26. The van der Waals surface area contributed by atoms with Gasteiger partial charge in [-0.3, -0.25) is 4.79 Å². The van der Waals surface area contributed by atoms with Gasteiger partial charge in [0, 0.05) is 11.6 Å². The van der Waals surface area contributed by atoms with E-state index in [-0.39, 0.29) is 23.5 Å². The molecule has 5 heteroatoms. The van der Waals surface area contributed by atoms with Gasteiger partial charge in [-0.1, -0.05) is 31.0 Å². The summed E-state index contributed by atoms with van der Waals surface area (Å²) in [6.45, 7) is 8.13. The summed E-state index contributed by atoms with van der Waals surface area (Å²) < 4.78 is 0. The molecular formula is C18H24N4O. The number of aryl methyl sites for hydroxylation is 2. The topological polar surface area (TPSA) is 80.9 Å². The van der Waals surface area contributed by atoms with E-state index in [9.17, 15) is 4.79 Å². The van der Waals surface area contributed by atoms with Crippen LogP contribution < -0.4 is 11.1 Å². The van der Waals surface area contributed by atoms with Crippen molar-refractivity contribution in [1.82, 2.24) is 15.3 Å². The molecule has 0 spiro atoms. The number of nitrogen functional groups attached to an aromatic ring is 1. The highest BCUT2D eigenvalue weighted by atomic mass is 16.2. The van der Waals surface area contributed by atoms with Crippen LogP contribution in [0, 0.1) is 13.8 Å². The molecule has 23 heavy (non-hydrogen) atoms. The largest absolute Gasteiger partial charge is 0.382 e. The highest BCUT2D eigenvalue weighted by molar-refractivity contribution is 5.97. The molecule has 1 amide bonds. The molecule has 0 saturated carbocycles. The maximum atomic E-state index is 12.4. The standard InChI is InChI=1S/C18H24N4O/c1-5-14(6-2)21-18(23)16-17(19)20-10-15(22-16)13-8-11(3)7-12(4)9-13/h7-10,14H,5-6H2,1-4H3,(H2,19,20)(H,21,23). The summed E-state index contributed by atoms with van der Waals surface area (Å²) in [7, 11) is 0. The molecule has 0 fully saturated rings. The van der Waals surface area contributed by atoms with Crippen LogP contribution in [0.15, 0.2) is 24.4 Å². The van der Waals surface area contributed by atoms with E-state index >= 15 is 0 Å². The van der Waals surface area contributed by atoms with Gasteiger partial charge in [0.15, 0.2) is 11.5 Å². The number of amides is 1. The Hall–Kier alpha value is -2.43. The molecule has 0 bridgehead atoms. The molecular weight excluding hydrogens is 288 g/mol. The predicted octanol–water partition coefficient (Wildman–Crippen LogP) is 3.26. The van der Waals surface area contributed by atoms with Crippen LogP contribution in [0.2, 0.25) is 0 Å². The number of carbonyl (C=O) groups is 1. The maximum absolute atomic E-state index is 12.4. The van der Waals surface area contributed by atoms with Gasteiger partial charge in [0.05, 0.1) is 11.9 Å². The Balaban J connectivity index is 2.37. The number of rotatable bonds is 5. The van der Waals surface area contributed by atoms with E-state index in [1.165, 1.54) is 0 Å². The Morgan fingerprint density at radius 3 is 2.35 bits per heavy atom. The number of nitrogens with one attached hydrogen (secondary N) is 1. The third-order valence-electron chi connectivity index (χ3n) is 3.85. The number of carbonyl (C=O) groups excluding carboxylic acids is 1. The van der Waals surface area contributed by atoms with Gasteiger partial charge in [-0.15, -0.1) is 0 Å². The van der Waals surface area contributed by atoms with Crippen molar-refractivity contribution in [2.75, 3.05) is 5.73 Å². The average Bonchev–Trinajstić information content (AvgIpc) is 2.51. The summed E-state index contributed by atoms with van der Waals surface area (Å²) in [5.74, 6) is -0.114. The summed E-state index contributed by atoms with van der Waals surface area (Å²) in [4.78, 5) is 21.0. The molecule has 0 aliphatic heterocycles. The monoisotopic (exact) mass is 312 g/mol. The SMILES string of the molecule is CCC(CC)NC(=O)c1nc(-c2cc(C)cc(C)c2)cnc1N. The minimum absolute atomic E-state index is 0.119. The van der Waals surface area contributed by atoms with E-state index in [0.29, 0.717) is 5.69 Å². The Labute approximate surface area is 137 Å². The Morgan fingerprint density at radius 1 is 1.17 bits per heavy atom. The molecule has 5 nitrogen and oxygen atoms in total. The normalized spacial score (nSPS) is 10.8. The first kappa shape index (κ1) is 16.9. The van der Waals surface area contributed by atoms with E-state index in [1.807, 2.05) is 39.8 Å². The number of aromatic nitrogens is 2. The van der Waals surface area contributed by atoms with Crippen LogP contribution in [0.25, 0.3) is 11.3 Å². The zero-order valence-corrected chi connectivity index (χ0v) is 14.2. The van der Waals surface area contributed by atoms with Gasteiger partial charge in [0.1, 0.15) is 0 Å². The van der Waals surface area contributed by atoms with Gasteiger partial charge >= 0.3 is 0 Å². The highest BCUT2D eigenvalue weighted by Crippen LogP contribution is 2.21. The third-order valence-corrected chi connectivity index (χ3v) is 3.85. The summed E-state index contributed by atoms with van der Waals surface area (Å²) >= 11 is 0. The molecule has 0 aliphatic carbocycles. The van der Waals surface area contributed by atoms with Gasteiger partial charge in [-0.25, -0.2) is 9.97 Å². The van der Waals surface area contributed by atoms with Crippen molar-refractivity contribution in [3.05, 3.63) is 41.2 Å². The second-order valence-corrected chi connectivity index (χ2v) is 5.85. The second-order valence-electron chi connectivity index (χ2n) is 5.85. The lowest BCUT2D eigenvalue weighted by atomic mass is 10.1. The number of nitrogens with zero attached hydrogens (tertiary/aromatic N) is 2. The lowest BCUT2D eigenvalue weighted by molar-refractivity contribution is 0.0930. The first-order valence-corrected chi connectivity index (χ1v) is 7.96. The molecule has 0 radical (unpaired) electrons. The minimum atomic E-state index is -0.269. The van der Waals surface area contributed by atoms with E-state index in [4.69, 9.17) is 5.73 Å². The van der Waals surface area contributed by atoms with Crippen LogP contribution in [0.5, 0.6) is 0 Å². The molecule has 0 atom stereocenters. The van der Waals surface area contributed by atoms with Crippen molar-refractivity contribution in [2.45, 2.75) is 46.6 Å². The van der Waals surface area contributed by atoms with Crippen LogP contribution in [-0.4, -0.2) is 21.9 Å². The fraction of sp³-hybridized carbons (Fsp3) is 0.389. The van der Waals surface area contributed by atoms with Crippen molar-refractivity contribution in [3.63, 3.8) is 0 Å². The summed E-state index contributed by atoms with van der Waals surface area (Å²) in [5, 5.41) is 2.95. The van der Waals surface area contributed by atoms with Crippen LogP contribution in [0.1, 0.15) is 48.3 Å². The van der Waals surface area contributed by atoms with Gasteiger partial charge < -0.3 is 11.1 Å². The molecule has 2 rings (SSSR count). The smallest absolute Gasteiger partial charge is 0.273 e. The number of hydrogen-bond donors (Lipinski definition) is 2. The molecule has 122 valence electrons. The lowest BCUT2D eigenvalue weighted by Gasteiger charge is -2.15. The van der Waals surface area contributed by atoms with E-state index in [2.05, 4.69) is 21.4 Å². The van der Waals surface area contributed by atoms with E-state index in [1.54, 1.807) is 6.20 Å². The summed E-state index contributed by atoms with van der Waals surface area (Å²) in [5.41, 5.74) is 9.91. The third kappa shape index (κ3) is 4.06. The molecule has 2 aromatic rings. The van der Waals surface area contributed by atoms with Crippen LogP contribution in [0.3, 0.4) is 0 Å². The van der Waals surface area contributed by atoms with Gasteiger partial charge in [-0.05, 0) is 38.8 Å². The quantitative estimate of drug-likeness (QED) is 0.888. The van der Waals surface area contributed by atoms with Gasteiger partial charge in [-0.2, -0.15) is 0 Å². The second kappa shape index (κ2) is 7.22. The molecule has 1 aromatic carbocycles. The fourth-order valence-electron chi connectivity index (χ4n) is 2.57. The van der Waals surface area contributed by atoms with Crippen molar-refractivity contribution in [2.24, 2.45) is 0 Å². The summed E-state index contributed by atoms with van der Waals surface area (Å²) in [6.07, 6.45) is 3.34. The van der Waals surface area contributed by atoms with Crippen molar-refractivity contribution < 1.29 is 4.79 Å². The maximum Gasteiger partial charge on any atom is 0.273 e. The fourth-order valence-corrected chi connectivity index (χ4v) is 2.57. The Kier molecular flexibility index (Phi) is 5.32. The molecule has 1 heterocycles. The molecule has 1 aromatic heterocycles. The van der Waals surface area contributed by atoms with Crippen molar-refractivity contribution in [3.8, 4) is 11.3 Å². The number of hydrogen-bond acceptors (Lipinski definition) is 4. The zero-order valence-electron chi connectivity index (χ0n) is 14.2. The average molecular weight is 312 g/mol. The molecule has 0 saturated heterocycles. The number of anilines is 1. The van der Waals surface area contributed by atoms with Gasteiger partial charge in [0.25, 0.3) is 5.91 Å². The number of nitrogens with two attached hydrogens (primary N) is 1. The lowest BCUT2D eigenvalue weighted by Crippen LogP contribution is -2.35. The first-order chi connectivity index (χ1) is 10.9. The van der Waals surface area contributed by atoms with Crippen LogP contribution in [0.4, 0.5) is 5.82 Å². The zero-order chi connectivity index (χ0) is 17.0. The molecule has 0 aliphatic rings.